The van der Waals surface area contributed by atoms with E-state index < -0.39 is 112 Å². The highest BCUT2D eigenvalue weighted by Crippen LogP contribution is 2.42. The van der Waals surface area contributed by atoms with Gasteiger partial charge in [0.2, 0.25) is 41.0 Å². The molecule has 534 valence electrons. The first-order chi connectivity index (χ1) is 46.0. The number of unbranched alkanes of at least 4 members (excludes halogenated alkanes) is 1. The Kier molecular flexibility index (Phi) is 28.9. The van der Waals surface area contributed by atoms with Crippen molar-refractivity contribution in [1.82, 2.24) is 46.4 Å². The number of aryl methyl sites for hydroxylation is 1. The molecule has 5 heterocycles. The van der Waals surface area contributed by atoms with Crippen molar-refractivity contribution in [2.45, 2.75) is 207 Å². The van der Waals surface area contributed by atoms with Gasteiger partial charge in [-0.3, -0.25) is 43.2 Å². The number of rotatable bonds is 37. The molecule has 0 aliphatic carbocycles. The number of carbonyl (C=O) groups excluding carboxylic acids is 10. The molecule has 0 saturated carbocycles. The summed E-state index contributed by atoms with van der Waals surface area (Å²) in [6, 6.07) is 4.33. The number of carboxylic acid groups (broad SMARTS) is 1. The lowest BCUT2D eigenvalue weighted by Gasteiger charge is -2.37. The number of carbonyl (C=O) groups is 11. The lowest BCUT2D eigenvalue weighted by atomic mass is 9.85. The summed E-state index contributed by atoms with van der Waals surface area (Å²) in [4.78, 5) is 164. The van der Waals surface area contributed by atoms with Gasteiger partial charge in [-0.25, -0.2) is 19.4 Å². The van der Waals surface area contributed by atoms with Crippen LogP contribution in [0.5, 0.6) is 0 Å². The number of hydrogen-bond donors (Lipinski definition) is 7. The predicted molar refractivity (Wildman–Crippen MR) is 351 cm³/mol. The Balaban J connectivity index is 0.850. The molecule has 0 bridgehead atoms. The Labute approximate surface area is 564 Å². The van der Waals surface area contributed by atoms with Gasteiger partial charge in [-0.1, -0.05) is 45.9 Å². The van der Waals surface area contributed by atoms with Gasteiger partial charge in [0.1, 0.15) is 42.0 Å². The third-order valence-electron chi connectivity index (χ3n) is 16.3. The molecule has 0 unspecified atom stereocenters. The number of esters is 3. The standard InChI is InChI=1S/C68H97N9O20/c1-11-42-43-19-13-14-20-47(43)73-58-44(42)39-77-51(58)37-46-45(61(77)86)40-94-64(89)68(46,12-2)96-63(88)57(41(3)4)75-60(85)50-22-18-30-76(50)62(87)49(38-55(81)82)72-54(80)26-31-91-33-35-93-36-34-92-32-29-70-53(79)24-17-23-52(78)69-27-16-15-21-48(74-65(90)97-67(8,9)10)59(84)71-28-25-56(83)95-66(5,6)7/h13-14,19-20,37,41,48-50,57H,11-12,15-18,21-36,38-40H2,1-10H3,(H,69,78)(H,70,79)(H,71,84)(H,72,80)(H,74,90)(H,75,85)(H,81,82)/t48-,49-,50-,57-,68-/m0/s1. The van der Waals surface area contributed by atoms with Crippen LogP contribution in [0.2, 0.25) is 0 Å². The molecule has 7 N–H and O–H groups in total. The number of pyridine rings is 2. The first-order valence-electron chi connectivity index (χ1n) is 33.4. The Morgan fingerprint density at radius 1 is 0.732 bits per heavy atom. The number of ether oxygens (including phenoxy) is 7. The van der Waals surface area contributed by atoms with Crippen molar-refractivity contribution in [2.24, 2.45) is 5.92 Å². The third-order valence-corrected chi connectivity index (χ3v) is 16.3. The number of aromatic nitrogens is 2. The van der Waals surface area contributed by atoms with Gasteiger partial charge in [0.05, 0.1) is 81.5 Å². The summed E-state index contributed by atoms with van der Waals surface area (Å²) in [7, 11) is 0. The van der Waals surface area contributed by atoms with E-state index in [2.05, 4.69) is 31.9 Å². The maximum atomic E-state index is 14.4. The van der Waals surface area contributed by atoms with Gasteiger partial charge >= 0.3 is 30.0 Å². The van der Waals surface area contributed by atoms with Crippen LogP contribution in [0, 0.1) is 5.92 Å². The highest BCUT2D eigenvalue weighted by Gasteiger charge is 2.52. The molecule has 97 heavy (non-hydrogen) atoms. The van der Waals surface area contributed by atoms with Crippen LogP contribution in [-0.2, 0) is 106 Å². The fourth-order valence-electron chi connectivity index (χ4n) is 11.6. The fraction of sp³-hybridized carbons (Fsp3) is 0.632. The van der Waals surface area contributed by atoms with E-state index in [0.29, 0.717) is 50.0 Å². The van der Waals surface area contributed by atoms with Crippen LogP contribution < -0.4 is 37.5 Å². The van der Waals surface area contributed by atoms with Crippen LogP contribution in [0.1, 0.15) is 169 Å². The fourth-order valence-corrected chi connectivity index (χ4v) is 11.6. The molecule has 1 aromatic carbocycles. The Bertz CT molecular complexity index is 3390. The molecule has 6 rings (SSSR count). The number of alkyl carbamates (subject to hydrolysis) is 1. The number of para-hydroxylation sites is 1. The van der Waals surface area contributed by atoms with Gasteiger partial charge in [0.25, 0.3) is 5.56 Å². The van der Waals surface area contributed by atoms with Crippen molar-refractivity contribution < 1.29 is 91.0 Å². The van der Waals surface area contributed by atoms with E-state index >= 15 is 0 Å². The maximum absolute atomic E-state index is 14.4. The minimum Gasteiger partial charge on any atom is -0.481 e. The first kappa shape index (κ1) is 77.4. The van der Waals surface area contributed by atoms with E-state index in [9.17, 15) is 62.6 Å². The smallest absolute Gasteiger partial charge is 0.408 e. The average Bonchev–Trinajstić information content (AvgIpc) is 1.65. The molecule has 5 atom stereocenters. The third kappa shape index (κ3) is 22.5. The summed E-state index contributed by atoms with van der Waals surface area (Å²) in [5.74, 6) is -7.60. The number of fused-ring (bicyclic) bond motifs is 5. The summed E-state index contributed by atoms with van der Waals surface area (Å²) >= 11 is 0. The van der Waals surface area contributed by atoms with Crippen molar-refractivity contribution in [3.8, 4) is 11.4 Å². The van der Waals surface area contributed by atoms with Crippen molar-refractivity contribution >= 4 is 76.3 Å². The lowest BCUT2D eigenvalue weighted by Crippen LogP contribution is -2.57. The number of aliphatic carboxylic acids is 1. The van der Waals surface area contributed by atoms with Gasteiger partial charge in [-0.15, -0.1) is 0 Å². The molecule has 29 nitrogen and oxygen atoms in total. The van der Waals surface area contributed by atoms with E-state index in [-0.39, 0.29) is 140 Å². The molecule has 0 spiro atoms. The number of benzene rings is 1. The number of cyclic esters (lactones) is 1. The molecular weight excluding hydrogens is 1260 g/mol. The van der Waals surface area contributed by atoms with E-state index in [1.54, 1.807) is 72.9 Å². The number of likely N-dealkylation sites (tertiary alicyclic amines) is 1. The predicted octanol–water partition coefficient (Wildman–Crippen LogP) is 4.04. The molecular formula is C68H97N9O20. The number of hydrogen-bond acceptors (Lipinski definition) is 20. The van der Waals surface area contributed by atoms with Gasteiger partial charge in [0.15, 0.2) is 0 Å². The normalized spacial score (nSPS) is 16.5. The van der Waals surface area contributed by atoms with Crippen LogP contribution in [0.3, 0.4) is 0 Å². The summed E-state index contributed by atoms with van der Waals surface area (Å²) in [6.07, 6.45) is 0.955. The molecule has 1 saturated heterocycles. The van der Waals surface area contributed by atoms with Gasteiger partial charge < -0.3 is 79.6 Å². The monoisotopic (exact) mass is 1360 g/mol. The lowest BCUT2D eigenvalue weighted by molar-refractivity contribution is -0.191. The quantitative estimate of drug-likeness (QED) is 0.0190. The number of carboxylic acids is 1. The second kappa shape index (κ2) is 36.1. The summed E-state index contributed by atoms with van der Waals surface area (Å²) in [5.41, 5.74) is 0.0495. The zero-order chi connectivity index (χ0) is 71.2. The molecule has 1 fully saturated rings. The van der Waals surface area contributed by atoms with Crippen LogP contribution in [-0.4, -0.2) is 186 Å². The highest BCUT2D eigenvalue weighted by molar-refractivity contribution is 5.97. The second-order valence-corrected chi connectivity index (χ2v) is 26.4. The Hall–Kier alpha value is -8.57. The highest BCUT2D eigenvalue weighted by atomic mass is 16.6. The minimum atomic E-state index is -2.08. The van der Waals surface area contributed by atoms with Crippen molar-refractivity contribution in [3.05, 3.63) is 62.9 Å². The minimum absolute atomic E-state index is 0.0157. The van der Waals surface area contributed by atoms with Crippen LogP contribution in [0.15, 0.2) is 35.1 Å². The van der Waals surface area contributed by atoms with Gasteiger partial charge in [-0.2, -0.15) is 0 Å². The molecule has 0 radical (unpaired) electrons. The molecule has 3 aliphatic heterocycles. The molecule has 2 aromatic heterocycles. The van der Waals surface area contributed by atoms with Crippen LogP contribution >= 0.6 is 0 Å². The largest absolute Gasteiger partial charge is 0.481 e. The first-order valence-corrected chi connectivity index (χ1v) is 33.4. The average molecular weight is 1360 g/mol. The zero-order valence-corrected chi connectivity index (χ0v) is 57.5. The molecule has 29 heteroatoms. The van der Waals surface area contributed by atoms with E-state index in [4.69, 9.17) is 38.1 Å². The summed E-state index contributed by atoms with van der Waals surface area (Å²) in [5, 5.41) is 26.7. The number of nitrogens with zero attached hydrogens (tertiary/aromatic N) is 3. The topological polar surface area (TPSA) is 383 Å². The molecule has 7 amide bonds. The van der Waals surface area contributed by atoms with E-state index in [1.807, 2.05) is 31.2 Å². The van der Waals surface area contributed by atoms with E-state index in [1.165, 1.54) is 4.90 Å². The summed E-state index contributed by atoms with van der Waals surface area (Å²) < 4.78 is 40.4. The maximum Gasteiger partial charge on any atom is 0.408 e. The molecule has 3 aromatic rings. The summed E-state index contributed by atoms with van der Waals surface area (Å²) in [6.45, 7) is 18.5. The zero-order valence-electron chi connectivity index (χ0n) is 57.5. The number of amides is 7. The van der Waals surface area contributed by atoms with Crippen molar-refractivity contribution in [1.29, 1.82) is 0 Å². The second-order valence-electron chi connectivity index (χ2n) is 26.4. The Morgan fingerprint density at radius 2 is 1.39 bits per heavy atom. The number of nitrogens with one attached hydrogen (secondary N) is 6. The van der Waals surface area contributed by atoms with Gasteiger partial charge in [-0.05, 0) is 117 Å². The Morgan fingerprint density at radius 3 is 2.04 bits per heavy atom. The SMILES string of the molecule is CCc1c2c(nc3ccccc13)-c1cc3c(c(=O)n1C2)COC(=O)[C@@]3(CC)OC(=O)[C@@H](NC(=O)[C@@H]1CCCN1C(=O)[C@H](CC(=O)O)NC(=O)CCOCCOCCOCCNC(=O)CCCC(=O)NCCCC[C@H](NC(=O)OC(C)(C)C)C(=O)NCCC(=O)OC(C)(C)C)C(C)C. The molecule has 3 aliphatic rings. The van der Waals surface area contributed by atoms with Crippen molar-refractivity contribution in [3.63, 3.8) is 0 Å². The van der Waals surface area contributed by atoms with Crippen LogP contribution in [0.25, 0.3) is 22.3 Å². The van der Waals surface area contributed by atoms with E-state index in [0.717, 1.165) is 22.0 Å². The van der Waals surface area contributed by atoms with Crippen LogP contribution in [0.4, 0.5) is 4.79 Å². The van der Waals surface area contributed by atoms with Gasteiger partial charge in [0, 0.05) is 62.0 Å². The van der Waals surface area contributed by atoms with Crippen molar-refractivity contribution in [2.75, 3.05) is 65.8 Å².